The average molecular weight is 409 g/mol. The van der Waals surface area contributed by atoms with Gasteiger partial charge in [0.15, 0.2) is 6.10 Å². The van der Waals surface area contributed by atoms with Crippen LogP contribution in [0.4, 0.5) is 11.4 Å². The Kier molecular flexibility index (Phi) is 5.97. The summed E-state index contributed by atoms with van der Waals surface area (Å²) in [7, 11) is 1.42. The van der Waals surface area contributed by atoms with Crippen LogP contribution >= 0.6 is 15.9 Å². The number of amides is 1. The van der Waals surface area contributed by atoms with Crippen LogP contribution in [0.25, 0.3) is 0 Å². The predicted molar refractivity (Wildman–Crippen MR) is 97.2 cm³/mol. The normalized spacial score (nSPS) is 11.5. The number of hydrogen-bond donors (Lipinski definition) is 1. The molecule has 0 fully saturated rings. The molecule has 0 spiro atoms. The smallest absolute Gasteiger partial charge is 0.271 e. The van der Waals surface area contributed by atoms with Crippen molar-refractivity contribution >= 4 is 33.2 Å². The second-order valence-corrected chi connectivity index (χ2v) is 6.18. The quantitative estimate of drug-likeness (QED) is 0.574. The van der Waals surface area contributed by atoms with Crippen molar-refractivity contribution in [2.75, 3.05) is 12.4 Å². The van der Waals surface area contributed by atoms with Gasteiger partial charge in [-0.1, -0.05) is 6.07 Å². The van der Waals surface area contributed by atoms with E-state index in [2.05, 4.69) is 21.2 Å². The van der Waals surface area contributed by atoms with E-state index in [1.54, 1.807) is 13.0 Å². The molecule has 2 rings (SSSR count). The van der Waals surface area contributed by atoms with Crippen molar-refractivity contribution in [3.8, 4) is 11.5 Å². The van der Waals surface area contributed by atoms with E-state index in [1.165, 1.54) is 25.3 Å². The number of carbonyl (C=O) groups is 1. The summed E-state index contributed by atoms with van der Waals surface area (Å²) in [6, 6.07) is 9.48. The minimum atomic E-state index is -0.817. The van der Waals surface area contributed by atoms with Crippen LogP contribution in [-0.2, 0) is 4.79 Å². The molecule has 2 aromatic carbocycles. The summed E-state index contributed by atoms with van der Waals surface area (Å²) in [4.78, 5) is 22.7. The average Bonchev–Trinajstić information content (AvgIpc) is 2.57. The first-order chi connectivity index (χ1) is 11.8. The molecule has 2 aromatic rings. The number of nitrogens with zero attached hydrogens (tertiary/aromatic N) is 1. The monoisotopic (exact) mass is 408 g/mol. The van der Waals surface area contributed by atoms with E-state index in [1.807, 2.05) is 19.1 Å². The lowest BCUT2D eigenvalue weighted by atomic mass is 10.2. The van der Waals surface area contributed by atoms with Crippen LogP contribution < -0.4 is 14.8 Å². The van der Waals surface area contributed by atoms with Crippen molar-refractivity contribution in [2.24, 2.45) is 0 Å². The topological polar surface area (TPSA) is 90.7 Å². The molecule has 0 aliphatic carbocycles. The van der Waals surface area contributed by atoms with Crippen molar-refractivity contribution < 1.29 is 19.2 Å². The molecule has 7 nitrogen and oxygen atoms in total. The molecule has 0 aliphatic heterocycles. The van der Waals surface area contributed by atoms with Crippen LogP contribution in [0.1, 0.15) is 12.5 Å². The van der Waals surface area contributed by atoms with Gasteiger partial charge in [-0.15, -0.1) is 0 Å². The highest BCUT2D eigenvalue weighted by Gasteiger charge is 2.19. The zero-order valence-corrected chi connectivity index (χ0v) is 15.5. The molecule has 0 heterocycles. The molecule has 0 bridgehead atoms. The number of methoxy groups -OCH3 is 1. The Morgan fingerprint density at radius 3 is 2.52 bits per heavy atom. The number of carbonyl (C=O) groups excluding carboxylic acids is 1. The van der Waals surface area contributed by atoms with Gasteiger partial charge in [0.25, 0.3) is 11.6 Å². The van der Waals surface area contributed by atoms with Crippen LogP contribution in [-0.4, -0.2) is 24.0 Å². The molecule has 8 heteroatoms. The van der Waals surface area contributed by atoms with E-state index in [0.29, 0.717) is 11.5 Å². The number of anilines is 1. The summed E-state index contributed by atoms with van der Waals surface area (Å²) in [5.41, 5.74) is 1.11. The molecular formula is C17H17BrN2O5. The number of aryl methyl sites for hydroxylation is 1. The van der Waals surface area contributed by atoms with E-state index < -0.39 is 16.9 Å². The molecule has 1 unspecified atom stereocenters. The molecular weight excluding hydrogens is 392 g/mol. The minimum Gasteiger partial charge on any atom is -0.495 e. The molecule has 0 saturated heterocycles. The molecule has 0 saturated carbocycles. The number of rotatable bonds is 6. The number of nitrogens with one attached hydrogen (secondary N) is 1. The summed E-state index contributed by atoms with van der Waals surface area (Å²) in [5.74, 6) is 0.396. The van der Waals surface area contributed by atoms with Gasteiger partial charge in [0, 0.05) is 12.1 Å². The Morgan fingerprint density at radius 1 is 1.24 bits per heavy atom. The van der Waals surface area contributed by atoms with Crippen LogP contribution in [0.2, 0.25) is 0 Å². The summed E-state index contributed by atoms with van der Waals surface area (Å²) in [6.07, 6.45) is -0.817. The lowest BCUT2D eigenvalue weighted by Crippen LogP contribution is -2.30. The number of hydrogen-bond acceptors (Lipinski definition) is 5. The fourth-order valence-electron chi connectivity index (χ4n) is 2.09. The van der Waals surface area contributed by atoms with Gasteiger partial charge in [0.1, 0.15) is 11.5 Å². The maximum Gasteiger partial charge on any atom is 0.271 e. The Balaban J connectivity index is 2.15. The fraction of sp³-hybridized carbons (Fsp3) is 0.235. The standard InChI is InChI=1S/C17H17BrN2O5/c1-10-4-6-15(13(18)8-10)25-11(2)17(21)19-14-9-12(20(22)23)5-7-16(14)24-3/h4-9,11H,1-3H3,(H,19,21). The first kappa shape index (κ1) is 18.7. The molecule has 0 aromatic heterocycles. The molecule has 132 valence electrons. The zero-order chi connectivity index (χ0) is 18.6. The second kappa shape index (κ2) is 7.98. The van der Waals surface area contributed by atoms with Gasteiger partial charge in [-0.05, 0) is 53.5 Å². The highest BCUT2D eigenvalue weighted by molar-refractivity contribution is 9.10. The molecule has 1 N–H and O–H groups in total. The first-order valence-corrected chi connectivity index (χ1v) is 8.17. The van der Waals surface area contributed by atoms with Crippen molar-refractivity contribution in [2.45, 2.75) is 20.0 Å². The highest BCUT2D eigenvalue weighted by atomic mass is 79.9. The third-order valence-corrected chi connectivity index (χ3v) is 4.03. The second-order valence-electron chi connectivity index (χ2n) is 5.32. The molecule has 0 radical (unpaired) electrons. The van der Waals surface area contributed by atoms with E-state index >= 15 is 0 Å². The van der Waals surface area contributed by atoms with Gasteiger partial charge in [0.2, 0.25) is 0 Å². The molecule has 25 heavy (non-hydrogen) atoms. The Labute approximate surface area is 153 Å². The van der Waals surface area contributed by atoms with Gasteiger partial charge < -0.3 is 14.8 Å². The summed E-state index contributed by atoms with van der Waals surface area (Å²) >= 11 is 3.39. The largest absolute Gasteiger partial charge is 0.495 e. The van der Waals surface area contributed by atoms with E-state index in [0.717, 1.165) is 10.0 Å². The van der Waals surface area contributed by atoms with Gasteiger partial charge in [-0.25, -0.2) is 0 Å². The number of nitro benzene ring substituents is 1. The number of nitro groups is 1. The van der Waals surface area contributed by atoms with Crippen molar-refractivity contribution in [1.29, 1.82) is 0 Å². The maximum absolute atomic E-state index is 12.4. The molecule has 1 atom stereocenters. The molecule has 0 aliphatic rings. The van der Waals surface area contributed by atoms with Crippen LogP contribution in [0.15, 0.2) is 40.9 Å². The SMILES string of the molecule is COc1ccc([N+](=O)[O-])cc1NC(=O)C(C)Oc1ccc(C)cc1Br. The summed E-state index contributed by atoms with van der Waals surface area (Å²) in [5, 5.41) is 13.5. The van der Waals surface area contributed by atoms with Crippen molar-refractivity contribution in [3.05, 3.63) is 56.5 Å². The van der Waals surface area contributed by atoms with Gasteiger partial charge in [-0.3, -0.25) is 14.9 Å². The Hall–Kier alpha value is -2.61. The van der Waals surface area contributed by atoms with Gasteiger partial charge in [-0.2, -0.15) is 0 Å². The van der Waals surface area contributed by atoms with Gasteiger partial charge >= 0.3 is 0 Å². The van der Waals surface area contributed by atoms with Crippen LogP contribution in [0, 0.1) is 17.0 Å². The van der Waals surface area contributed by atoms with Crippen molar-refractivity contribution in [3.63, 3.8) is 0 Å². The lowest BCUT2D eigenvalue weighted by Gasteiger charge is -2.17. The third-order valence-electron chi connectivity index (χ3n) is 3.41. The summed E-state index contributed by atoms with van der Waals surface area (Å²) in [6.45, 7) is 3.53. The number of benzene rings is 2. The number of non-ortho nitro benzene ring substituents is 1. The van der Waals surface area contributed by atoms with E-state index in [-0.39, 0.29) is 11.4 Å². The fourth-order valence-corrected chi connectivity index (χ4v) is 2.67. The third kappa shape index (κ3) is 4.69. The predicted octanol–water partition coefficient (Wildman–Crippen LogP) is 4.08. The van der Waals surface area contributed by atoms with Crippen LogP contribution in [0.3, 0.4) is 0 Å². The molecule has 1 amide bonds. The number of halogens is 1. The number of ether oxygens (including phenoxy) is 2. The van der Waals surface area contributed by atoms with E-state index in [9.17, 15) is 14.9 Å². The highest BCUT2D eigenvalue weighted by Crippen LogP contribution is 2.30. The van der Waals surface area contributed by atoms with E-state index in [4.69, 9.17) is 9.47 Å². The Bertz CT molecular complexity index is 810. The van der Waals surface area contributed by atoms with Crippen LogP contribution in [0.5, 0.6) is 11.5 Å². The lowest BCUT2D eigenvalue weighted by molar-refractivity contribution is -0.384. The summed E-state index contributed by atoms with van der Waals surface area (Å²) < 4.78 is 11.5. The Morgan fingerprint density at radius 2 is 1.92 bits per heavy atom. The van der Waals surface area contributed by atoms with Gasteiger partial charge in [0.05, 0.1) is 22.2 Å². The van der Waals surface area contributed by atoms with Crippen molar-refractivity contribution in [1.82, 2.24) is 0 Å². The maximum atomic E-state index is 12.4. The first-order valence-electron chi connectivity index (χ1n) is 7.38. The minimum absolute atomic E-state index is 0.147. The zero-order valence-electron chi connectivity index (χ0n) is 13.9.